The predicted octanol–water partition coefficient (Wildman–Crippen LogP) is 3.80. The summed E-state index contributed by atoms with van der Waals surface area (Å²) in [6.45, 7) is 0.675. The third-order valence-electron chi connectivity index (χ3n) is 3.99. The Hall–Kier alpha value is -1.84. The van der Waals surface area contributed by atoms with Crippen molar-refractivity contribution in [3.8, 4) is 17.0 Å². The van der Waals surface area contributed by atoms with Crippen LogP contribution in [0.15, 0.2) is 30.5 Å². The van der Waals surface area contributed by atoms with Gasteiger partial charge in [-0.05, 0) is 37.0 Å². The average Bonchev–Trinajstić information content (AvgIpc) is 3.08. The van der Waals surface area contributed by atoms with Gasteiger partial charge in [-0.15, -0.1) is 0 Å². The molecule has 1 aliphatic rings. The lowest BCUT2D eigenvalue weighted by molar-refractivity contribution is 0.252. The van der Waals surface area contributed by atoms with E-state index in [1.165, 1.54) is 37.8 Å². The van der Waals surface area contributed by atoms with Crippen molar-refractivity contribution in [2.45, 2.75) is 25.7 Å². The molecule has 3 nitrogen and oxygen atoms in total. The van der Waals surface area contributed by atoms with E-state index in [-0.39, 0.29) is 5.82 Å². The molecule has 106 valence electrons. The normalized spacial score (nSPS) is 15.7. The third kappa shape index (κ3) is 2.69. The molecule has 1 saturated carbocycles. The van der Waals surface area contributed by atoms with Crippen molar-refractivity contribution in [3.63, 3.8) is 0 Å². The summed E-state index contributed by atoms with van der Waals surface area (Å²) in [7, 11) is 1.87. The Morgan fingerprint density at radius 1 is 1.30 bits per heavy atom. The molecule has 1 aliphatic carbocycles. The van der Waals surface area contributed by atoms with Crippen molar-refractivity contribution >= 4 is 0 Å². The molecule has 0 radical (unpaired) electrons. The SMILES string of the molecule is Cn1nccc1-c1ccc(F)cc1OCC1CCCC1. The summed E-state index contributed by atoms with van der Waals surface area (Å²) in [5.41, 5.74) is 1.83. The maximum atomic E-state index is 13.5. The first kappa shape index (κ1) is 13.2. The van der Waals surface area contributed by atoms with Gasteiger partial charge in [0.25, 0.3) is 0 Å². The molecule has 0 N–H and O–H groups in total. The lowest BCUT2D eigenvalue weighted by atomic mass is 10.1. The minimum absolute atomic E-state index is 0.266. The minimum Gasteiger partial charge on any atom is -0.492 e. The molecular weight excluding hydrogens is 255 g/mol. The van der Waals surface area contributed by atoms with Gasteiger partial charge in [0.2, 0.25) is 0 Å². The summed E-state index contributed by atoms with van der Waals surface area (Å²) < 4.78 is 21.2. The van der Waals surface area contributed by atoms with Crippen LogP contribution in [0.25, 0.3) is 11.3 Å². The van der Waals surface area contributed by atoms with E-state index >= 15 is 0 Å². The number of aryl methyl sites for hydroxylation is 1. The van der Waals surface area contributed by atoms with Gasteiger partial charge in [0, 0.05) is 24.9 Å². The van der Waals surface area contributed by atoms with E-state index in [1.807, 2.05) is 13.1 Å². The van der Waals surface area contributed by atoms with E-state index in [4.69, 9.17) is 4.74 Å². The van der Waals surface area contributed by atoms with E-state index in [2.05, 4.69) is 5.10 Å². The van der Waals surface area contributed by atoms with Gasteiger partial charge in [0.05, 0.1) is 12.3 Å². The molecule has 3 rings (SSSR count). The zero-order chi connectivity index (χ0) is 13.9. The largest absolute Gasteiger partial charge is 0.492 e. The Kier molecular flexibility index (Phi) is 3.72. The molecule has 1 fully saturated rings. The molecule has 0 saturated heterocycles. The van der Waals surface area contributed by atoms with Crippen LogP contribution in [0.4, 0.5) is 4.39 Å². The Morgan fingerprint density at radius 3 is 2.80 bits per heavy atom. The molecular formula is C16H19FN2O. The molecule has 0 unspecified atom stereocenters. The third-order valence-corrected chi connectivity index (χ3v) is 3.99. The monoisotopic (exact) mass is 274 g/mol. The van der Waals surface area contributed by atoms with Crippen LogP contribution in [0.1, 0.15) is 25.7 Å². The van der Waals surface area contributed by atoms with E-state index in [0.29, 0.717) is 18.3 Å². The summed E-state index contributed by atoms with van der Waals surface area (Å²) in [5, 5.41) is 4.16. The maximum absolute atomic E-state index is 13.5. The van der Waals surface area contributed by atoms with Crippen LogP contribution in [0.2, 0.25) is 0 Å². The number of nitrogens with zero attached hydrogens (tertiary/aromatic N) is 2. The van der Waals surface area contributed by atoms with Gasteiger partial charge >= 0.3 is 0 Å². The maximum Gasteiger partial charge on any atom is 0.131 e. The van der Waals surface area contributed by atoms with Crippen molar-refractivity contribution in [1.29, 1.82) is 0 Å². The van der Waals surface area contributed by atoms with Crippen LogP contribution in [0.3, 0.4) is 0 Å². The fourth-order valence-corrected chi connectivity index (χ4v) is 2.85. The Morgan fingerprint density at radius 2 is 2.10 bits per heavy atom. The summed E-state index contributed by atoms with van der Waals surface area (Å²) in [6, 6.07) is 6.61. The average molecular weight is 274 g/mol. The standard InChI is InChI=1S/C16H19FN2O/c1-19-15(8-9-18-19)14-7-6-13(17)10-16(14)20-11-12-4-2-3-5-12/h6-10,12H,2-5,11H2,1H3. The quantitative estimate of drug-likeness (QED) is 0.848. The van der Waals surface area contributed by atoms with Crippen molar-refractivity contribution in [1.82, 2.24) is 9.78 Å². The number of hydrogen-bond acceptors (Lipinski definition) is 2. The molecule has 0 amide bonds. The van der Waals surface area contributed by atoms with Crippen molar-refractivity contribution in [2.24, 2.45) is 13.0 Å². The molecule has 0 atom stereocenters. The van der Waals surface area contributed by atoms with Crippen LogP contribution in [0.5, 0.6) is 5.75 Å². The fourth-order valence-electron chi connectivity index (χ4n) is 2.85. The Labute approximate surface area is 118 Å². The van der Waals surface area contributed by atoms with Crippen LogP contribution >= 0.6 is 0 Å². The topological polar surface area (TPSA) is 27.1 Å². The molecule has 2 aromatic rings. The van der Waals surface area contributed by atoms with Crippen molar-refractivity contribution in [2.75, 3.05) is 6.61 Å². The Bertz CT molecular complexity index is 588. The second-order valence-electron chi connectivity index (χ2n) is 5.44. The van der Waals surface area contributed by atoms with Gasteiger partial charge in [-0.3, -0.25) is 4.68 Å². The highest BCUT2D eigenvalue weighted by Crippen LogP contribution is 2.32. The molecule has 4 heteroatoms. The zero-order valence-electron chi connectivity index (χ0n) is 11.7. The van der Waals surface area contributed by atoms with Crippen LogP contribution < -0.4 is 4.74 Å². The first-order valence-electron chi connectivity index (χ1n) is 7.15. The minimum atomic E-state index is -0.266. The summed E-state index contributed by atoms with van der Waals surface area (Å²) in [4.78, 5) is 0. The van der Waals surface area contributed by atoms with Crippen molar-refractivity contribution in [3.05, 3.63) is 36.3 Å². The first-order valence-corrected chi connectivity index (χ1v) is 7.15. The number of halogens is 1. The summed E-state index contributed by atoms with van der Waals surface area (Å²) in [5.74, 6) is 0.954. The molecule has 0 spiro atoms. The molecule has 0 bridgehead atoms. The van der Waals surface area contributed by atoms with Crippen LogP contribution in [0, 0.1) is 11.7 Å². The molecule has 1 heterocycles. The first-order chi connectivity index (χ1) is 9.74. The van der Waals surface area contributed by atoms with Gasteiger partial charge < -0.3 is 4.74 Å². The lowest BCUT2D eigenvalue weighted by Gasteiger charge is -2.15. The Balaban J connectivity index is 1.84. The summed E-state index contributed by atoms with van der Waals surface area (Å²) in [6.07, 6.45) is 6.74. The van der Waals surface area contributed by atoms with Gasteiger partial charge in [-0.2, -0.15) is 5.10 Å². The smallest absolute Gasteiger partial charge is 0.131 e. The van der Waals surface area contributed by atoms with Crippen LogP contribution in [-0.4, -0.2) is 16.4 Å². The number of benzene rings is 1. The van der Waals surface area contributed by atoms with E-state index < -0.39 is 0 Å². The van der Waals surface area contributed by atoms with Gasteiger partial charge in [-0.25, -0.2) is 4.39 Å². The van der Waals surface area contributed by atoms with Crippen molar-refractivity contribution < 1.29 is 9.13 Å². The highest BCUT2D eigenvalue weighted by Gasteiger charge is 2.17. The number of ether oxygens (including phenoxy) is 1. The van der Waals surface area contributed by atoms with E-state index in [9.17, 15) is 4.39 Å². The number of rotatable bonds is 4. The molecule has 1 aromatic heterocycles. The molecule has 1 aromatic carbocycles. The molecule has 20 heavy (non-hydrogen) atoms. The van der Waals surface area contributed by atoms with E-state index in [0.717, 1.165) is 11.3 Å². The second kappa shape index (κ2) is 5.65. The van der Waals surface area contributed by atoms with Gasteiger partial charge in [0.15, 0.2) is 0 Å². The van der Waals surface area contributed by atoms with Crippen LogP contribution in [-0.2, 0) is 7.05 Å². The van der Waals surface area contributed by atoms with Gasteiger partial charge in [0.1, 0.15) is 11.6 Å². The van der Waals surface area contributed by atoms with E-state index in [1.54, 1.807) is 16.9 Å². The predicted molar refractivity (Wildman–Crippen MR) is 76.1 cm³/mol. The molecule has 0 aliphatic heterocycles. The second-order valence-corrected chi connectivity index (χ2v) is 5.44. The zero-order valence-corrected chi connectivity index (χ0v) is 11.7. The lowest BCUT2D eigenvalue weighted by Crippen LogP contribution is -2.09. The summed E-state index contributed by atoms with van der Waals surface area (Å²) >= 11 is 0. The highest BCUT2D eigenvalue weighted by atomic mass is 19.1. The highest BCUT2D eigenvalue weighted by molar-refractivity contribution is 5.67. The fraction of sp³-hybridized carbons (Fsp3) is 0.438. The number of aromatic nitrogens is 2. The number of hydrogen-bond donors (Lipinski definition) is 0. The van der Waals surface area contributed by atoms with Gasteiger partial charge in [-0.1, -0.05) is 12.8 Å².